The third-order valence-corrected chi connectivity index (χ3v) is 6.94. The molecule has 1 unspecified atom stereocenters. The highest BCUT2D eigenvalue weighted by Gasteiger charge is 2.22. The number of benzene rings is 1. The van der Waals surface area contributed by atoms with Gasteiger partial charge in [0.2, 0.25) is 5.91 Å². The first kappa shape index (κ1) is 13.5. The van der Waals surface area contributed by atoms with Gasteiger partial charge in [-0.3, -0.25) is 4.79 Å². The number of halogens is 1. The Balaban J connectivity index is 1.65. The van der Waals surface area contributed by atoms with E-state index in [1.807, 2.05) is 17.4 Å². The standard InChI is InChI=1S/C17H16BrNOS/c18-17(15-8-10-3-1-2-4-14(10)21-15)11-5-6-13-12(7-11)9-16(20)19-13/h5-8,17H,1-4,9H2,(H,19,20). The molecule has 4 rings (SSSR count). The normalized spacial score (nSPS) is 18.0. The highest BCUT2D eigenvalue weighted by atomic mass is 79.9. The van der Waals surface area contributed by atoms with E-state index in [-0.39, 0.29) is 10.7 Å². The van der Waals surface area contributed by atoms with E-state index in [0.717, 1.165) is 11.3 Å². The molecule has 4 heteroatoms. The van der Waals surface area contributed by atoms with Gasteiger partial charge in [0.25, 0.3) is 0 Å². The Morgan fingerprint density at radius 2 is 2.00 bits per heavy atom. The van der Waals surface area contributed by atoms with Gasteiger partial charge in [-0.2, -0.15) is 0 Å². The summed E-state index contributed by atoms with van der Waals surface area (Å²) in [4.78, 5) is 14.6. The fourth-order valence-corrected chi connectivity index (χ4v) is 5.17. The van der Waals surface area contributed by atoms with Gasteiger partial charge in [-0.1, -0.05) is 28.1 Å². The number of anilines is 1. The summed E-state index contributed by atoms with van der Waals surface area (Å²) in [5, 5.41) is 2.89. The summed E-state index contributed by atoms with van der Waals surface area (Å²) in [7, 11) is 0. The highest BCUT2D eigenvalue weighted by molar-refractivity contribution is 9.09. The van der Waals surface area contributed by atoms with Crippen LogP contribution in [0.4, 0.5) is 5.69 Å². The minimum Gasteiger partial charge on any atom is -0.326 e. The Morgan fingerprint density at radius 1 is 1.14 bits per heavy atom. The number of thiophene rings is 1. The van der Waals surface area contributed by atoms with Crippen LogP contribution in [0, 0.1) is 0 Å². The molecule has 1 aliphatic heterocycles. The summed E-state index contributed by atoms with van der Waals surface area (Å²) in [6, 6.07) is 8.67. The predicted molar refractivity (Wildman–Crippen MR) is 90.5 cm³/mol. The van der Waals surface area contributed by atoms with Gasteiger partial charge in [0.15, 0.2) is 0 Å². The SMILES string of the molecule is O=C1Cc2cc(C(Br)c3cc4c(s3)CCCC4)ccc2N1. The van der Waals surface area contributed by atoms with Crippen LogP contribution in [0.25, 0.3) is 0 Å². The van der Waals surface area contributed by atoms with Crippen molar-refractivity contribution in [3.63, 3.8) is 0 Å². The van der Waals surface area contributed by atoms with Gasteiger partial charge >= 0.3 is 0 Å². The lowest BCUT2D eigenvalue weighted by Crippen LogP contribution is -2.03. The number of hydrogen-bond acceptors (Lipinski definition) is 2. The predicted octanol–water partition coefficient (Wildman–Crippen LogP) is 4.61. The largest absolute Gasteiger partial charge is 0.326 e. The topological polar surface area (TPSA) is 29.1 Å². The molecule has 0 radical (unpaired) electrons. The number of hydrogen-bond donors (Lipinski definition) is 1. The summed E-state index contributed by atoms with van der Waals surface area (Å²) >= 11 is 5.79. The molecule has 2 heterocycles. The molecule has 1 aromatic carbocycles. The van der Waals surface area contributed by atoms with Crippen LogP contribution in [0.5, 0.6) is 0 Å². The zero-order chi connectivity index (χ0) is 14.4. The molecule has 0 bridgehead atoms. The molecule has 1 atom stereocenters. The number of carbonyl (C=O) groups excluding carboxylic acids is 1. The molecule has 2 aromatic rings. The smallest absolute Gasteiger partial charge is 0.228 e. The molecule has 1 N–H and O–H groups in total. The molecule has 0 saturated carbocycles. The van der Waals surface area contributed by atoms with Crippen molar-refractivity contribution in [3.8, 4) is 0 Å². The zero-order valence-corrected chi connectivity index (χ0v) is 14.0. The lowest BCUT2D eigenvalue weighted by atomic mass is 9.98. The van der Waals surface area contributed by atoms with E-state index in [1.165, 1.54) is 36.1 Å². The van der Waals surface area contributed by atoms with Gasteiger partial charge in [0, 0.05) is 15.4 Å². The van der Waals surface area contributed by atoms with Gasteiger partial charge in [-0.15, -0.1) is 11.3 Å². The number of fused-ring (bicyclic) bond motifs is 2. The van der Waals surface area contributed by atoms with Gasteiger partial charge in [0.1, 0.15) is 0 Å². The third-order valence-electron chi connectivity index (χ3n) is 4.31. The Hall–Kier alpha value is -1.13. The van der Waals surface area contributed by atoms with Gasteiger partial charge in [-0.25, -0.2) is 0 Å². The Bertz CT molecular complexity index is 698. The zero-order valence-electron chi connectivity index (χ0n) is 11.6. The van der Waals surface area contributed by atoms with Crippen molar-refractivity contribution in [1.82, 2.24) is 0 Å². The van der Waals surface area contributed by atoms with Crippen LogP contribution in [0.3, 0.4) is 0 Å². The van der Waals surface area contributed by atoms with Crippen molar-refractivity contribution in [3.05, 3.63) is 50.7 Å². The Morgan fingerprint density at radius 3 is 2.86 bits per heavy atom. The van der Waals surface area contributed by atoms with Gasteiger partial charge in [0.05, 0.1) is 11.2 Å². The van der Waals surface area contributed by atoms with Crippen LogP contribution in [0.1, 0.15) is 44.1 Å². The first-order valence-corrected chi connectivity index (χ1v) is 9.12. The number of nitrogens with one attached hydrogen (secondary N) is 1. The lowest BCUT2D eigenvalue weighted by molar-refractivity contribution is -0.115. The van der Waals surface area contributed by atoms with Crippen molar-refractivity contribution in [2.24, 2.45) is 0 Å². The van der Waals surface area contributed by atoms with Gasteiger partial charge < -0.3 is 5.32 Å². The summed E-state index contributed by atoms with van der Waals surface area (Å²) in [5.74, 6) is 0.0971. The van der Waals surface area contributed by atoms with Crippen LogP contribution >= 0.6 is 27.3 Å². The monoisotopic (exact) mass is 361 g/mol. The molecule has 21 heavy (non-hydrogen) atoms. The van der Waals surface area contributed by atoms with Crippen molar-refractivity contribution in [2.45, 2.75) is 36.9 Å². The van der Waals surface area contributed by atoms with E-state index in [2.05, 4.69) is 39.4 Å². The molecular formula is C17H16BrNOS. The quantitative estimate of drug-likeness (QED) is 0.777. The molecule has 0 saturated heterocycles. The minimum atomic E-state index is 0.0971. The summed E-state index contributed by atoms with van der Waals surface area (Å²) < 4.78 is 0. The average Bonchev–Trinajstić information content (AvgIpc) is 3.07. The third kappa shape index (κ3) is 2.44. The number of rotatable bonds is 2. The maximum absolute atomic E-state index is 11.5. The summed E-state index contributed by atoms with van der Waals surface area (Å²) in [6.07, 6.45) is 5.62. The average molecular weight is 362 g/mol. The molecule has 0 fully saturated rings. The molecule has 2 aliphatic rings. The van der Waals surface area contributed by atoms with Crippen molar-refractivity contribution in [1.29, 1.82) is 0 Å². The first-order chi connectivity index (χ1) is 10.2. The fraction of sp³-hybridized carbons (Fsp3) is 0.353. The molecular weight excluding hydrogens is 346 g/mol. The number of amides is 1. The molecule has 2 nitrogen and oxygen atoms in total. The molecule has 1 aromatic heterocycles. The fourth-order valence-electron chi connectivity index (χ4n) is 3.21. The maximum Gasteiger partial charge on any atom is 0.228 e. The van der Waals surface area contributed by atoms with Crippen molar-refractivity contribution in [2.75, 3.05) is 5.32 Å². The molecule has 1 amide bonds. The number of carbonyl (C=O) groups is 1. The van der Waals surface area contributed by atoms with E-state index in [1.54, 1.807) is 10.4 Å². The van der Waals surface area contributed by atoms with Crippen molar-refractivity contribution < 1.29 is 4.79 Å². The Labute approximate surface area is 136 Å². The van der Waals surface area contributed by atoms with Gasteiger partial charge in [-0.05, 0) is 54.5 Å². The van der Waals surface area contributed by atoms with E-state index < -0.39 is 0 Å². The summed E-state index contributed by atoms with van der Waals surface area (Å²) in [6.45, 7) is 0. The number of alkyl halides is 1. The summed E-state index contributed by atoms with van der Waals surface area (Å²) in [5.41, 5.74) is 4.87. The maximum atomic E-state index is 11.5. The van der Waals surface area contributed by atoms with E-state index in [9.17, 15) is 4.79 Å². The second-order valence-electron chi connectivity index (χ2n) is 5.81. The van der Waals surface area contributed by atoms with E-state index in [4.69, 9.17) is 0 Å². The van der Waals surface area contributed by atoms with Crippen LogP contribution in [0.15, 0.2) is 24.3 Å². The Kier molecular flexibility index (Phi) is 3.38. The molecule has 1 aliphatic carbocycles. The van der Waals surface area contributed by atoms with Crippen molar-refractivity contribution >= 4 is 38.9 Å². The molecule has 108 valence electrons. The lowest BCUT2D eigenvalue weighted by Gasteiger charge is -2.09. The highest BCUT2D eigenvalue weighted by Crippen LogP contribution is 2.40. The minimum absolute atomic E-state index is 0.0971. The van der Waals surface area contributed by atoms with Crippen LogP contribution in [-0.2, 0) is 24.1 Å². The first-order valence-electron chi connectivity index (χ1n) is 7.39. The van der Waals surface area contributed by atoms with E-state index in [0.29, 0.717) is 6.42 Å². The molecule has 0 spiro atoms. The van der Waals surface area contributed by atoms with Crippen LogP contribution in [-0.4, -0.2) is 5.91 Å². The van der Waals surface area contributed by atoms with Crippen LogP contribution in [0.2, 0.25) is 0 Å². The number of aryl methyl sites for hydroxylation is 2. The van der Waals surface area contributed by atoms with E-state index >= 15 is 0 Å². The van der Waals surface area contributed by atoms with Crippen LogP contribution < -0.4 is 5.32 Å². The second kappa shape index (κ2) is 5.25. The second-order valence-corrected chi connectivity index (χ2v) is 7.89.